The lowest BCUT2D eigenvalue weighted by Gasteiger charge is -2.30. The number of rotatable bonds is 7. The van der Waals surface area contributed by atoms with Gasteiger partial charge in [0.15, 0.2) is 0 Å². The van der Waals surface area contributed by atoms with E-state index in [0.29, 0.717) is 6.10 Å². The molecule has 0 aromatic carbocycles. The van der Waals surface area contributed by atoms with Gasteiger partial charge in [0, 0.05) is 32.7 Å². The summed E-state index contributed by atoms with van der Waals surface area (Å²) in [6.07, 6.45) is 1.59. The van der Waals surface area contributed by atoms with Crippen LogP contribution in [0.2, 0.25) is 0 Å². The molecule has 0 amide bonds. The molecule has 1 unspecified atom stereocenters. The molecule has 1 aliphatic rings. The Morgan fingerprint density at radius 1 is 1.25 bits per heavy atom. The first-order valence-corrected chi connectivity index (χ1v) is 6.41. The van der Waals surface area contributed by atoms with Gasteiger partial charge in [-0.2, -0.15) is 0 Å². The number of likely N-dealkylation sites (N-methyl/N-ethyl adjacent to an activating group) is 1. The standard InChI is InChI=1S/C12H27N3O/c1-4-6-15(8-7-14(2)3)11-12-10-13-5-9-16-12/h12-13H,4-11H2,1-3H3. The van der Waals surface area contributed by atoms with Gasteiger partial charge in [0.1, 0.15) is 0 Å². The predicted molar refractivity (Wildman–Crippen MR) is 67.9 cm³/mol. The van der Waals surface area contributed by atoms with Crippen LogP contribution in [0, 0.1) is 0 Å². The van der Waals surface area contributed by atoms with Crippen LogP contribution in [0.5, 0.6) is 0 Å². The molecule has 1 fully saturated rings. The van der Waals surface area contributed by atoms with Crippen LogP contribution in [0.1, 0.15) is 13.3 Å². The highest BCUT2D eigenvalue weighted by Gasteiger charge is 2.16. The number of morpholine rings is 1. The highest BCUT2D eigenvalue weighted by atomic mass is 16.5. The molecule has 0 bridgehead atoms. The van der Waals surface area contributed by atoms with Crippen LogP contribution < -0.4 is 5.32 Å². The summed E-state index contributed by atoms with van der Waals surface area (Å²) in [7, 11) is 4.26. The Labute approximate surface area is 99.9 Å². The SMILES string of the molecule is CCCN(CCN(C)C)CC1CNCCO1. The van der Waals surface area contributed by atoms with Crippen molar-refractivity contribution in [1.82, 2.24) is 15.1 Å². The van der Waals surface area contributed by atoms with Crippen LogP contribution in [0.15, 0.2) is 0 Å². The molecule has 1 atom stereocenters. The van der Waals surface area contributed by atoms with Gasteiger partial charge in [-0.1, -0.05) is 6.92 Å². The highest BCUT2D eigenvalue weighted by molar-refractivity contribution is 4.72. The summed E-state index contributed by atoms with van der Waals surface area (Å²) in [5, 5.41) is 3.39. The second kappa shape index (κ2) is 8.01. The molecule has 4 nitrogen and oxygen atoms in total. The average molecular weight is 229 g/mol. The van der Waals surface area contributed by atoms with Crippen molar-refractivity contribution in [2.24, 2.45) is 0 Å². The van der Waals surface area contributed by atoms with Crippen molar-refractivity contribution in [2.45, 2.75) is 19.4 Å². The Hall–Kier alpha value is -0.160. The zero-order valence-electron chi connectivity index (χ0n) is 11.0. The number of hydrogen-bond donors (Lipinski definition) is 1. The summed E-state index contributed by atoms with van der Waals surface area (Å²) in [6, 6.07) is 0. The van der Waals surface area contributed by atoms with E-state index in [-0.39, 0.29) is 0 Å². The summed E-state index contributed by atoms with van der Waals surface area (Å²) in [5.74, 6) is 0. The molecule has 96 valence electrons. The first-order chi connectivity index (χ1) is 7.72. The molecule has 0 aromatic heterocycles. The molecule has 16 heavy (non-hydrogen) atoms. The maximum Gasteiger partial charge on any atom is 0.0826 e. The molecule has 0 radical (unpaired) electrons. The molecule has 1 aliphatic heterocycles. The Balaban J connectivity index is 2.25. The van der Waals surface area contributed by atoms with Gasteiger partial charge >= 0.3 is 0 Å². The molecule has 0 aromatic rings. The van der Waals surface area contributed by atoms with E-state index >= 15 is 0 Å². The van der Waals surface area contributed by atoms with E-state index in [0.717, 1.165) is 39.3 Å². The lowest BCUT2D eigenvalue weighted by molar-refractivity contribution is 0.00466. The van der Waals surface area contributed by atoms with E-state index < -0.39 is 0 Å². The smallest absolute Gasteiger partial charge is 0.0826 e. The average Bonchev–Trinajstić information content (AvgIpc) is 2.27. The molecule has 1 heterocycles. The number of nitrogens with zero attached hydrogens (tertiary/aromatic N) is 2. The first-order valence-electron chi connectivity index (χ1n) is 6.41. The monoisotopic (exact) mass is 229 g/mol. The Morgan fingerprint density at radius 2 is 2.06 bits per heavy atom. The Morgan fingerprint density at radius 3 is 2.62 bits per heavy atom. The Kier molecular flexibility index (Phi) is 6.96. The van der Waals surface area contributed by atoms with Gasteiger partial charge in [0.2, 0.25) is 0 Å². The minimum Gasteiger partial charge on any atom is -0.374 e. The normalized spacial score (nSPS) is 21.9. The fourth-order valence-corrected chi connectivity index (χ4v) is 1.98. The zero-order chi connectivity index (χ0) is 11.8. The maximum atomic E-state index is 5.74. The molecule has 4 heteroatoms. The maximum absolute atomic E-state index is 5.74. The van der Waals surface area contributed by atoms with E-state index in [9.17, 15) is 0 Å². The predicted octanol–water partition coefficient (Wildman–Crippen LogP) is 0.248. The number of ether oxygens (including phenoxy) is 1. The van der Waals surface area contributed by atoms with Crippen LogP contribution >= 0.6 is 0 Å². The largest absolute Gasteiger partial charge is 0.374 e. The molecular formula is C12H27N3O. The second-order valence-electron chi connectivity index (χ2n) is 4.80. The van der Waals surface area contributed by atoms with E-state index in [1.54, 1.807) is 0 Å². The summed E-state index contributed by atoms with van der Waals surface area (Å²) in [4.78, 5) is 4.75. The fraction of sp³-hybridized carbons (Fsp3) is 1.00. The van der Waals surface area contributed by atoms with Crippen LogP contribution in [-0.4, -0.2) is 75.9 Å². The molecule has 1 rings (SSSR count). The highest BCUT2D eigenvalue weighted by Crippen LogP contribution is 2.01. The second-order valence-corrected chi connectivity index (χ2v) is 4.80. The van der Waals surface area contributed by atoms with Crippen LogP contribution in [-0.2, 0) is 4.74 Å². The van der Waals surface area contributed by atoms with Crippen molar-refractivity contribution in [1.29, 1.82) is 0 Å². The van der Waals surface area contributed by atoms with Gasteiger partial charge in [-0.3, -0.25) is 4.90 Å². The summed E-state index contributed by atoms with van der Waals surface area (Å²) < 4.78 is 5.74. The van der Waals surface area contributed by atoms with Crippen molar-refractivity contribution in [3.8, 4) is 0 Å². The van der Waals surface area contributed by atoms with Gasteiger partial charge in [0.25, 0.3) is 0 Å². The summed E-state index contributed by atoms with van der Waals surface area (Å²) in [5.41, 5.74) is 0. The van der Waals surface area contributed by atoms with Crippen molar-refractivity contribution in [3.63, 3.8) is 0 Å². The molecule has 0 aliphatic carbocycles. The summed E-state index contributed by atoms with van der Waals surface area (Å²) >= 11 is 0. The first kappa shape index (κ1) is 13.9. The van der Waals surface area contributed by atoms with Crippen LogP contribution in [0.3, 0.4) is 0 Å². The topological polar surface area (TPSA) is 27.7 Å². The minimum atomic E-state index is 0.377. The lowest BCUT2D eigenvalue weighted by Crippen LogP contribution is -2.46. The third-order valence-corrected chi connectivity index (χ3v) is 2.87. The molecule has 1 N–H and O–H groups in total. The third-order valence-electron chi connectivity index (χ3n) is 2.87. The Bertz CT molecular complexity index is 170. The molecule has 1 saturated heterocycles. The minimum absolute atomic E-state index is 0.377. The number of hydrogen-bond acceptors (Lipinski definition) is 4. The van der Waals surface area contributed by atoms with Gasteiger partial charge in [0.05, 0.1) is 12.7 Å². The lowest BCUT2D eigenvalue weighted by atomic mass is 10.2. The molecular weight excluding hydrogens is 202 g/mol. The zero-order valence-corrected chi connectivity index (χ0v) is 11.0. The van der Waals surface area contributed by atoms with Crippen molar-refractivity contribution >= 4 is 0 Å². The van der Waals surface area contributed by atoms with Crippen LogP contribution in [0.4, 0.5) is 0 Å². The van der Waals surface area contributed by atoms with Gasteiger partial charge in [-0.05, 0) is 27.1 Å². The third kappa shape index (κ3) is 5.80. The van der Waals surface area contributed by atoms with E-state index in [4.69, 9.17) is 4.74 Å². The molecule has 0 saturated carbocycles. The van der Waals surface area contributed by atoms with Crippen molar-refractivity contribution in [2.75, 3.05) is 60.0 Å². The van der Waals surface area contributed by atoms with E-state index in [2.05, 4.69) is 36.1 Å². The van der Waals surface area contributed by atoms with E-state index in [1.165, 1.54) is 13.0 Å². The van der Waals surface area contributed by atoms with Crippen LogP contribution in [0.25, 0.3) is 0 Å². The fourth-order valence-electron chi connectivity index (χ4n) is 1.98. The van der Waals surface area contributed by atoms with Crippen molar-refractivity contribution < 1.29 is 4.74 Å². The summed E-state index contributed by atoms with van der Waals surface area (Å²) in [6.45, 7) is 9.61. The van der Waals surface area contributed by atoms with E-state index in [1.807, 2.05) is 0 Å². The van der Waals surface area contributed by atoms with Crippen molar-refractivity contribution in [3.05, 3.63) is 0 Å². The number of nitrogens with one attached hydrogen (secondary N) is 1. The van der Waals surface area contributed by atoms with Gasteiger partial charge < -0.3 is 15.0 Å². The molecule has 0 spiro atoms. The van der Waals surface area contributed by atoms with Gasteiger partial charge in [-0.15, -0.1) is 0 Å². The quantitative estimate of drug-likeness (QED) is 0.677. The van der Waals surface area contributed by atoms with Gasteiger partial charge in [-0.25, -0.2) is 0 Å².